The summed E-state index contributed by atoms with van der Waals surface area (Å²) in [6.45, 7) is 4.06. The standard InChI is InChI=1S/C20H41NO/c1-3-4-5-6-7-8-9-10-11-12-13-14-15-16-17-18-20(22)19(2)21/h19H,3-18,21H2,1-2H3. The van der Waals surface area contributed by atoms with Crippen molar-refractivity contribution in [1.29, 1.82) is 0 Å². The number of hydrogen-bond acceptors (Lipinski definition) is 2. The van der Waals surface area contributed by atoms with Crippen molar-refractivity contribution in [3.8, 4) is 0 Å². The second-order valence-corrected chi connectivity index (χ2v) is 6.95. The van der Waals surface area contributed by atoms with Crippen molar-refractivity contribution < 1.29 is 4.79 Å². The van der Waals surface area contributed by atoms with Gasteiger partial charge in [-0.25, -0.2) is 0 Å². The molecule has 1 atom stereocenters. The molecular formula is C20H41NO. The number of ketones is 1. The van der Waals surface area contributed by atoms with Crippen molar-refractivity contribution in [2.45, 2.75) is 123 Å². The van der Waals surface area contributed by atoms with Gasteiger partial charge in [-0.1, -0.05) is 96.8 Å². The molecule has 0 saturated heterocycles. The van der Waals surface area contributed by atoms with Gasteiger partial charge in [0.15, 0.2) is 0 Å². The predicted octanol–water partition coefficient (Wildman–Crippen LogP) is 6.16. The van der Waals surface area contributed by atoms with E-state index < -0.39 is 0 Å². The largest absolute Gasteiger partial charge is 0.322 e. The van der Waals surface area contributed by atoms with Crippen molar-refractivity contribution >= 4 is 5.78 Å². The molecule has 0 bridgehead atoms. The van der Waals surface area contributed by atoms with Crippen LogP contribution < -0.4 is 5.73 Å². The molecule has 132 valence electrons. The van der Waals surface area contributed by atoms with Crippen LogP contribution in [0.1, 0.15) is 117 Å². The molecule has 0 aromatic heterocycles. The average Bonchev–Trinajstić information content (AvgIpc) is 2.50. The Morgan fingerprint density at radius 3 is 1.32 bits per heavy atom. The van der Waals surface area contributed by atoms with Gasteiger partial charge in [0.05, 0.1) is 6.04 Å². The van der Waals surface area contributed by atoms with E-state index in [0.717, 1.165) is 6.42 Å². The van der Waals surface area contributed by atoms with Crippen LogP contribution in [-0.4, -0.2) is 11.8 Å². The van der Waals surface area contributed by atoms with Crippen molar-refractivity contribution in [3.63, 3.8) is 0 Å². The number of rotatable bonds is 17. The highest BCUT2D eigenvalue weighted by Crippen LogP contribution is 2.13. The number of carbonyl (C=O) groups is 1. The van der Waals surface area contributed by atoms with Gasteiger partial charge in [0.2, 0.25) is 0 Å². The molecular weight excluding hydrogens is 270 g/mol. The molecule has 1 unspecified atom stereocenters. The number of nitrogens with two attached hydrogens (primary N) is 1. The fourth-order valence-electron chi connectivity index (χ4n) is 2.90. The zero-order valence-corrected chi connectivity index (χ0v) is 15.4. The van der Waals surface area contributed by atoms with Crippen LogP contribution in [0.25, 0.3) is 0 Å². The molecule has 0 aliphatic rings. The first kappa shape index (κ1) is 21.6. The minimum atomic E-state index is -0.272. The first-order valence-electron chi connectivity index (χ1n) is 9.96. The second kappa shape index (κ2) is 17.0. The third-order valence-electron chi connectivity index (χ3n) is 4.53. The Kier molecular flexibility index (Phi) is 16.7. The van der Waals surface area contributed by atoms with Crippen LogP contribution in [0.15, 0.2) is 0 Å². The third kappa shape index (κ3) is 16.0. The molecule has 0 fully saturated rings. The summed E-state index contributed by atoms with van der Waals surface area (Å²) in [4.78, 5) is 11.4. The lowest BCUT2D eigenvalue weighted by Crippen LogP contribution is -2.26. The Bertz CT molecular complexity index is 238. The maximum Gasteiger partial charge on any atom is 0.149 e. The van der Waals surface area contributed by atoms with Crippen LogP contribution in [0.2, 0.25) is 0 Å². The predicted molar refractivity (Wildman–Crippen MR) is 98.2 cm³/mol. The zero-order valence-electron chi connectivity index (χ0n) is 15.4. The Balaban J connectivity index is 3.04. The number of hydrogen-bond donors (Lipinski definition) is 1. The Hall–Kier alpha value is -0.370. The summed E-state index contributed by atoms with van der Waals surface area (Å²) in [6, 6.07) is -0.272. The maximum absolute atomic E-state index is 11.4. The lowest BCUT2D eigenvalue weighted by atomic mass is 10.0. The van der Waals surface area contributed by atoms with Crippen molar-refractivity contribution in [2.24, 2.45) is 5.73 Å². The highest BCUT2D eigenvalue weighted by molar-refractivity contribution is 5.83. The average molecular weight is 312 g/mol. The molecule has 0 amide bonds. The SMILES string of the molecule is CCCCCCCCCCCCCCCCCC(=O)C(C)N. The van der Waals surface area contributed by atoms with Gasteiger partial charge in [-0.2, -0.15) is 0 Å². The van der Waals surface area contributed by atoms with Crippen molar-refractivity contribution in [1.82, 2.24) is 0 Å². The van der Waals surface area contributed by atoms with Crippen LogP contribution in [0.3, 0.4) is 0 Å². The minimum absolute atomic E-state index is 0.217. The fraction of sp³-hybridized carbons (Fsp3) is 0.950. The molecule has 2 N–H and O–H groups in total. The molecule has 0 radical (unpaired) electrons. The summed E-state index contributed by atoms with van der Waals surface area (Å²) in [5.74, 6) is 0.217. The smallest absolute Gasteiger partial charge is 0.149 e. The van der Waals surface area contributed by atoms with E-state index in [1.807, 2.05) is 0 Å². The molecule has 0 aliphatic carbocycles. The summed E-state index contributed by atoms with van der Waals surface area (Å²) >= 11 is 0. The molecule has 0 heterocycles. The molecule has 0 spiro atoms. The molecule has 0 aromatic carbocycles. The molecule has 0 saturated carbocycles. The van der Waals surface area contributed by atoms with Gasteiger partial charge in [-0.15, -0.1) is 0 Å². The van der Waals surface area contributed by atoms with Gasteiger partial charge in [0.25, 0.3) is 0 Å². The minimum Gasteiger partial charge on any atom is -0.322 e. The van der Waals surface area contributed by atoms with E-state index in [1.54, 1.807) is 6.92 Å². The number of unbranched alkanes of at least 4 members (excludes halogenated alkanes) is 14. The van der Waals surface area contributed by atoms with Gasteiger partial charge in [0, 0.05) is 6.42 Å². The van der Waals surface area contributed by atoms with Crippen molar-refractivity contribution in [3.05, 3.63) is 0 Å². The summed E-state index contributed by atoms with van der Waals surface area (Å²) < 4.78 is 0. The topological polar surface area (TPSA) is 43.1 Å². The maximum atomic E-state index is 11.4. The van der Waals surface area contributed by atoms with Crippen LogP contribution >= 0.6 is 0 Å². The number of carbonyl (C=O) groups excluding carboxylic acids is 1. The first-order valence-corrected chi connectivity index (χ1v) is 9.96. The van der Waals surface area contributed by atoms with Crippen LogP contribution in [-0.2, 0) is 4.79 Å². The van der Waals surface area contributed by atoms with E-state index in [0.29, 0.717) is 6.42 Å². The van der Waals surface area contributed by atoms with Crippen LogP contribution in [0, 0.1) is 0 Å². The summed E-state index contributed by atoms with van der Waals surface area (Å²) in [7, 11) is 0. The lowest BCUT2D eigenvalue weighted by molar-refractivity contribution is -0.120. The summed E-state index contributed by atoms with van der Waals surface area (Å²) in [6.07, 6.45) is 21.1. The molecule has 0 aromatic rings. The summed E-state index contributed by atoms with van der Waals surface area (Å²) in [5, 5.41) is 0. The van der Waals surface area contributed by atoms with Crippen LogP contribution in [0.5, 0.6) is 0 Å². The van der Waals surface area contributed by atoms with E-state index in [2.05, 4.69) is 6.92 Å². The fourth-order valence-corrected chi connectivity index (χ4v) is 2.90. The molecule has 2 nitrogen and oxygen atoms in total. The molecule has 22 heavy (non-hydrogen) atoms. The van der Waals surface area contributed by atoms with Gasteiger partial charge >= 0.3 is 0 Å². The van der Waals surface area contributed by atoms with Crippen LogP contribution in [0.4, 0.5) is 0 Å². The Labute approximate surface area is 139 Å². The zero-order chi connectivity index (χ0) is 16.5. The molecule has 0 rings (SSSR count). The quantitative estimate of drug-likeness (QED) is 0.327. The molecule has 0 aliphatic heterocycles. The van der Waals surface area contributed by atoms with Gasteiger partial charge in [0.1, 0.15) is 5.78 Å². The van der Waals surface area contributed by atoms with Gasteiger partial charge < -0.3 is 5.73 Å². The molecule has 2 heteroatoms. The van der Waals surface area contributed by atoms with Crippen molar-refractivity contribution in [2.75, 3.05) is 0 Å². The number of Topliss-reactive ketones (excluding diaryl/α,β-unsaturated/α-hetero) is 1. The highest BCUT2D eigenvalue weighted by atomic mass is 16.1. The summed E-state index contributed by atoms with van der Waals surface area (Å²) in [5.41, 5.74) is 5.55. The van der Waals surface area contributed by atoms with Gasteiger partial charge in [-0.05, 0) is 13.3 Å². The van der Waals surface area contributed by atoms with E-state index in [-0.39, 0.29) is 11.8 Å². The first-order chi connectivity index (χ1) is 10.7. The second-order valence-electron chi connectivity index (χ2n) is 6.95. The lowest BCUT2D eigenvalue weighted by Gasteiger charge is -2.04. The van der Waals surface area contributed by atoms with E-state index in [4.69, 9.17) is 5.73 Å². The third-order valence-corrected chi connectivity index (χ3v) is 4.53. The van der Waals surface area contributed by atoms with E-state index in [1.165, 1.54) is 89.9 Å². The Morgan fingerprint density at radius 2 is 1.00 bits per heavy atom. The van der Waals surface area contributed by atoms with E-state index >= 15 is 0 Å². The Morgan fingerprint density at radius 1 is 0.682 bits per heavy atom. The highest BCUT2D eigenvalue weighted by Gasteiger charge is 2.05. The van der Waals surface area contributed by atoms with Gasteiger partial charge in [-0.3, -0.25) is 4.79 Å². The normalized spacial score (nSPS) is 12.5. The van der Waals surface area contributed by atoms with E-state index in [9.17, 15) is 4.79 Å². The monoisotopic (exact) mass is 311 g/mol.